The van der Waals surface area contributed by atoms with Crippen LogP contribution < -0.4 is 44.7 Å². The third-order valence-electron chi connectivity index (χ3n) is 5.67. The summed E-state index contributed by atoms with van der Waals surface area (Å²) < 4.78 is 39.0. The first-order chi connectivity index (χ1) is 18.0. The number of fused-ring (bicyclic) bond motifs is 1. The number of para-hydroxylation sites is 1. The smallest absolute Gasteiger partial charge is 0.870 e. The summed E-state index contributed by atoms with van der Waals surface area (Å²) in [6.07, 6.45) is 0.312. The molecular weight excluding hydrogens is 576 g/mol. The number of hydrogen-bond acceptors (Lipinski definition) is 7. The second kappa shape index (κ2) is 12.6. The first-order valence-corrected chi connectivity index (χ1v) is 13.3. The normalized spacial score (nSPS) is 11.4. The minimum absolute atomic E-state index is 0. The fourth-order valence-corrected chi connectivity index (χ4v) is 5.14. The molecule has 9 nitrogen and oxygen atoms in total. The van der Waals surface area contributed by atoms with E-state index in [1.807, 2.05) is 0 Å². The van der Waals surface area contributed by atoms with E-state index in [-0.39, 0.29) is 68.0 Å². The number of benzene rings is 4. The van der Waals surface area contributed by atoms with Crippen LogP contribution in [0.15, 0.2) is 75.8 Å². The summed E-state index contributed by atoms with van der Waals surface area (Å²) in [5.41, 5.74) is 0.0485. The number of rotatable bonds is 7. The molecule has 0 bridgehead atoms. The van der Waals surface area contributed by atoms with E-state index >= 15 is 0 Å². The molecule has 4 aromatic carbocycles. The molecule has 0 saturated heterocycles. The number of halogens is 2. The van der Waals surface area contributed by atoms with Crippen LogP contribution in [0.3, 0.4) is 0 Å². The van der Waals surface area contributed by atoms with Crippen molar-refractivity contribution in [3.05, 3.63) is 81.8 Å². The standard InChI is InChI=1S/C26H21Cl2N3O6S.Na/c1-3-14-11-16(27)13-21(38(34,35)36)22(14)30-31-23-17-8-5-4-7-15(17)12-18(24(23)32)26(33)29-20-10-6-9-19(28)25(20)37-2;/h4-13,32H,3H2,1-2H3,(H,29,33)(H,34,35,36);/q;+1/p-1. The van der Waals surface area contributed by atoms with E-state index in [1.165, 1.54) is 19.2 Å². The summed E-state index contributed by atoms with van der Waals surface area (Å²) in [4.78, 5) is 12.6. The van der Waals surface area contributed by atoms with Crippen LogP contribution in [0.25, 0.3) is 10.8 Å². The molecule has 1 amide bonds. The summed E-state index contributed by atoms with van der Waals surface area (Å²) >= 11 is 12.2. The van der Waals surface area contributed by atoms with Crippen LogP contribution in [0.4, 0.5) is 17.1 Å². The molecule has 0 atom stereocenters. The number of hydrogen-bond donors (Lipinski definition) is 2. The van der Waals surface area contributed by atoms with Crippen LogP contribution in [0.5, 0.6) is 11.5 Å². The van der Waals surface area contributed by atoms with E-state index in [2.05, 4.69) is 15.5 Å². The van der Waals surface area contributed by atoms with Crippen LogP contribution in [0.1, 0.15) is 22.8 Å². The zero-order chi connectivity index (χ0) is 27.6. The molecule has 0 aliphatic rings. The van der Waals surface area contributed by atoms with Crippen molar-refractivity contribution in [3.63, 3.8) is 0 Å². The molecule has 0 heterocycles. The summed E-state index contributed by atoms with van der Waals surface area (Å²) in [6, 6.07) is 15.4. The fourth-order valence-electron chi connectivity index (χ4n) is 3.89. The van der Waals surface area contributed by atoms with E-state index in [1.54, 1.807) is 49.4 Å². The number of anilines is 1. The van der Waals surface area contributed by atoms with Crippen molar-refractivity contribution in [2.45, 2.75) is 18.2 Å². The van der Waals surface area contributed by atoms with E-state index < -0.39 is 26.7 Å². The summed E-state index contributed by atoms with van der Waals surface area (Å²) in [5.74, 6) is -1.26. The first kappa shape index (κ1) is 30.8. The molecular formula is C26H20Cl2N3NaO6S. The SMILES string of the molecule is CCc1cc(Cl)cc(S(=O)(=O)O)c1N=Nc1c([O-])c(C(=O)Nc2cccc(Cl)c2OC)cc2ccccc12.[Na+]. The van der Waals surface area contributed by atoms with Gasteiger partial charge in [-0.05, 0) is 47.7 Å². The van der Waals surface area contributed by atoms with Gasteiger partial charge in [0.2, 0.25) is 0 Å². The van der Waals surface area contributed by atoms with Gasteiger partial charge in [-0.15, -0.1) is 5.11 Å². The molecule has 0 fully saturated rings. The molecule has 13 heteroatoms. The topological polar surface area (TPSA) is 140 Å². The largest absolute Gasteiger partial charge is 1.00 e. The van der Waals surface area contributed by atoms with Crippen molar-refractivity contribution < 1.29 is 57.2 Å². The van der Waals surface area contributed by atoms with Crippen LogP contribution in [-0.2, 0) is 16.5 Å². The third-order valence-corrected chi connectivity index (χ3v) is 7.05. The van der Waals surface area contributed by atoms with Crippen LogP contribution in [-0.4, -0.2) is 26.0 Å². The molecule has 39 heavy (non-hydrogen) atoms. The molecule has 0 saturated carbocycles. The van der Waals surface area contributed by atoms with Crippen molar-refractivity contribution in [1.29, 1.82) is 0 Å². The van der Waals surface area contributed by atoms with Crippen LogP contribution >= 0.6 is 23.2 Å². The maximum atomic E-state index is 13.5. The Morgan fingerprint density at radius 3 is 2.41 bits per heavy atom. The Bertz CT molecular complexity index is 1710. The van der Waals surface area contributed by atoms with Crippen molar-refractivity contribution in [2.24, 2.45) is 10.2 Å². The molecule has 0 aliphatic heterocycles. The van der Waals surface area contributed by atoms with Crippen LogP contribution in [0, 0.1) is 0 Å². The number of ether oxygens (including phenoxy) is 1. The van der Waals surface area contributed by atoms with Gasteiger partial charge in [-0.2, -0.15) is 13.5 Å². The molecule has 4 rings (SSSR count). The Morgan fingerprint density at radius 1 is 1.05 bits per heavy atom. The third kappa shape index (κ3) is 6.55. The van der Waals surface area contributed by atoms with Gasteiger partial charge in [0.25, 0.3) is 16.0 Å². The Morgan fingerprint density at radius 2 is 1.74 bits per heavy atom. The van der Waals surface area contributed by atoms with Gasteiger partial charge in [-0.25, -0.2) is 0 Å². The number of carbonyl (C=O) groups excluding carboxylic acids is 1. The summed E-state index contributed by atoms with van der Waals surface area (Å²) in [7, 11) is -3.32. The van der Waals surface area contributed by atoms with Gasteiger partial charge in [-0.3, -0.25) is 9.35 Å². The monoisotopic (exact) mass is 595 g/mol. The molecule has 196 valence electrons. The zero-order valence-corrected chi connectivity index (χ0v) is 25.4. The average Bonchev–Trinajstić information content (AvgIpc) is 2.87. The van der Waals surface area contributed by atoms with Crippen molar-refractivity contribution in [2.75, 3.05) is 12.4 Å². The predicted octanol–water partition coefficient (Wildman–Crippen LogP) is 3.71. The maximum Gasteiger partial charge on any atom is 1.00 e. The Labute approximate surface area is 256 Å². The van der Waals surface area contributed by atoms with Gasteiger partial charge in [0.05, 0.1) is 23.5 Å². The minimum Gasteiger partial charge on any atom is -0.870 e. The maximum absolute atomic E-state index is 13.5. The number of azo groups is 1. The van der Waals surface area contributed by atoms with Gasteiger partial charge in [0, 0.05) is 16.0 Å². The molecule has 0 unspecified atom stereocenters. The Hall–Kier alpha value is -2.70. The van der Waals surface area contributed by atoms with E-state index in [0.717, 1.165) is 6.07 Å². The number of carbonyl (C=O) groups is 1. The number of amides is 1. The fraction of sp³-hybridized carbons (Fsp3) is 0.115. The molecule has 0 aromatic heterocycles. The van der Waals surface area contributed by atoms with E-state index in [4.69, 9.17) is 27.9 Å². The van der Waals surface area contributed by atoms with E-state index in [9.17, 15) is 22.9 Å². The number of aryl methyl sites for hydroxylation is 1. The number of methoxy groups -OCH3 is 1. The van der Waals surface area contributed by atoms with Gasteiger partial charge < -0.3 is 15.2 Å². The van der Waals surface area contributed by atoms with Crippen molar-refractivity contribution in [3.8, 4) is 11.5 Å². The summed E-state index contributed by atoms with van der Waals surface area (Å²) in [5, 5.41) is 25.5. The quantitative estimate of drug-likeness (QED) is 0.189. The minimum atomic E-state index is -4.72. The molecule has 2 N–H and O–H groups in total. The Balaban J connectivity index is 0.00000420. The first-order valence-electron chi connectivity index (χ1n) is 11.1. The van der Waals surface area contributed by atoms with Crippen molar-refractivity contribution >= 4 is 67.1 Å². The average molecular weight is 596 g/mol. The summed E-state index contributed by atoms with van der Waals surface area (Å²) in [6.45, 7) is 1.74. The molecule has 4 aromatic rings. The van der Waals surface area contributed by atoms with Crippen LogP contribution in [0.2, 0.25) is 10.0 Å². The second-order valence-electron chi connectivity index (χ2n) is 8.04. The molecule has 0 spiro atoms. The molecule has 0 radical (unpaired) electrons. The van der Waals surface area contributed by atoms with Gasteiger partial charge in [0.15, 0.2) is 5.75 Å². The van der Waals surface area contributed by atoms with Gasteiger partial charge >= 0.3 is 29.6 Å². The number of nitrogens with one attached hydrogen (secondary N) is 1. The van der Waals surface area contributed by atoms with Gasteiger partial charge in [-0.1, -0.05) is 66.2 Å². The Kier molecular flexibility index (Phi) is 10.0. The van der Waals surface area contributed by atoms with E-state index in [0.29, 0.717) is 22.8 Å². The number of nitrogens with zero attached hydrogens (tertiary/aromatic N) is 2. The van der Waals surface area contributed by atoms with Crippen molar-refractivity contribution in [1.82, 2.24) is 0 Å². The zero-order valence-electron chi connectivity index (χ0n) is 21.0. The molecule has 0 aliphatic carbocycles. The van der Waals surface area contributed by atoms with Gasteiger partial charge in [0.1, 0.15) is 10.6 Å². The predicted molar refractivity (Wildman–Crippen MR) is 144 cm³/mol. The second-order valence-corrected chi connectivity index (χ2v) is 10.3.